The smallest absolute Gasteiger partial charge is 0.265 e. The summed E-state index contributed by atoms with van der Waals surface area (Å²) < 4.78 is 27.0. The summed E-state index contributed by atoms with van der Waals surface area (Å²) in [5, 5.41) is 1.53. The molecule has 6 nitrogen and oxygen atoms in total. The minimum absolute atomic E-state index is 0.0778. The monoisotopic (exact) mass is 445 g/mol. The van der Waals surface area contributed by atoms with Crippen LogP contribution in [-0.2, 0) is 10.0 Å². The van der Waals surface area contributed by atoms with Crippen molar-refractivity contribution in [1.29, 1.82) is 0 Å². The van der Waals surface area contributed by atoms with Crippen LogP contribution in [0.2, 0.25) is 10.0 Å². The van der Waals surface area contributed by atoms with Crippen molar-refractivity contribution < 1.29 is 13.2 Å². The molecule has 0 N–H and O–H groups in total. The zero-order valence-corrected chi connectivity index (χ0v) is 17.4. The van der Waals surface area contributed by atoms with Crippen molar-refractivity contribution in [3.05, 3.63) is 44.3 Å². The maximum atomic E-state index is 12.8. The summed E-state index contributed by atoms with van der Waals surface area (Å²) in [7, 11) is -3.67. The van der Waals surface area contributed by atoms with E-state index in [-0.39, 0.29) is 28.9 Å². The van der Waals surface area contributed by atoms with Crippen LogP contribution in [0.25, 0.3) is 0 Å². The van der Waals surface area contributed by atoms with Gasteiger partial charge in [0, 0.05) is 32.1 Å². The zero-order chi connectivity index (χ0) is 19.2. The number of nitrogens with zero attached hydrogens (tertiary/aromatic N) is 3. The summed E-state index contributed by atoms with van der Waals surface area (Å²) in [5.41, 5.74) is 0. The third kappa shape index (κ3) is 3.86. The Bertz CT molecular complexity index is 981. The van der Waals surface area contributed by atoms with Gasteiger partial charge in [-0.3, -0.25) is 4.79 Å². The van der Waals surface area contributed by atoms with E-state index in [2.05, 4.69) is 4.98 Å². The van der Waals surface area contributed by atoms with Gasteiger partial charge in [0.05, 0.1) is 26.1 Å². The molecule has 1 aliphatic heterocycles. The average Bonchev–Trinajstić information content (AvgIpc) is 3.40. The molecule has 2 heterocycles. The summed E-state index contributed by atoms with van der Waals surface area (Å²) in [5.74, 6) is 0.440. The number of piperazine rings is 1. The lowest BCUT2D eigenvalue weighted by atomic mass is 10.3. The molecule has 4 rings (SSSR count). The highest BCUT2D eigenvalue weighted by molar-refractivity contribution is 7.89. The normalized spacial score (nSPS) is 18.7. The molecule has 1 aliphatic carbocycles. The quantitative estimate of drug-likeness (QED) is 0.721. The van der Waals surface area contributed by atoms with Gasteiger partial charge < -0.3 is 4.90 Å². The standard InChI is InChI=1S/C17H17Cl2N3O3S2/c18-13-4-3-12(9-14(13)19)27(24,25)22-7-5-21(6-8-22)17(23)15-10-20-16(26-15)11-1-2-11/h3-4,9-11H,1-2,5-8H2. The van der Waals surface area contributed by atoms with Crippen molar-refractivity contribution >= 4 is 50.5 Å². The lowest BCUT2D eigenvalue weighted by Crippen LogP contribution is -2.50. The molecule has 1 aromatic carbocycles. The maximum absolute atomic E-state index is 12.8. The molecular weight excluding hydrogens is 429 g/mol. The third-order valence-corrected chi connectivity index (χ3v) is 8.50. The Morgan fingerprint density at radius 1 is 1.11 bits per heavy atom. The summed E-state index contributed by atoms with van der Waals surface area (Å²) in [6.45, 7) is 1.16. The van der Waals surface area contributed by atoms with Gasteiger partial charge in [-0.15, -0.1) is 11.3 Å². The van der Waals surface area contributed by atoms with Gasteiger partial charge in [0.25, 0.3) is 5.91 Å². The first-order valence-electron chi connectivity index (χ1n) is 8.56. The molecule has 0 spiro atoms. The molecule has 10 heteroatoms. The van der Waals surface area contributed by atoms with Crippen molar-refractivity contribution in [2.24, 2.45) is 0 Å². The number of carbonyl (C=O) groups is 1. The summed E-state index contributed by atoms with van der Waals surface area (Å²) in [6.07, 6.45) is 3.93. The predicted molar refractivity (Wildman–Crippen MR) is 105 cm³/mol. The van der Waals surface area contributed by atoms with Gasteiger partial charge in [-0.2, -0.15) is 4.31 Å². The number of sulfonamides is 1. The number of hydrogen-bond donors (Lipinski definition) is 0. The van der Waals surface area contributed by atoms with E-state index in [1.165, 1.54) is 33.8 Å². The number of rotatable bonds is 4. The van der Waals surface area contributed by atoms with E-state index in [9.17, 15) is 13.2 Å². The van der Waals surface area contributed by atoms with Gasteiger partial charge in [0.1, 0.15) is 4.88 Å². The fourth-order valence-electron chi connectivity index (χ4n) is 2.98. The Balaban J connectivity index is 1.43. The number of aromatic nitrogens is 1. The van der Waals surface area contributed by atoms with Crippen LogP contribution in [0.15, 0.2) is 29.3 Å². The summed E-state index contributed by atoms with van der Waals surface area (Å²) >= 11 is 13.3. The van der Waals surface area contributed by atoms with Gasteiger partial charge in [-0.1, -0.05) is 23.2 Å². The molecule has 0 atom stereocenters. The Morgan fingerprint density at radius 2 is 1.81 bits per heavy atom. The van der Waals surface area contributed by atoms with Gasteiger partial charge in [0.2, 0.25) is 10.0 Å². The fraction of sp³-hybridized carbons (Fsp3) is 0.412. The highest BCUT2D eigenvalue weighted by Gasteiger charge is 2.32. The first-order valence-corrected chi connectivity index (χ1v) is 11.6. The molecule has 0 bridgehead atoms. The van der Waals surface area contributed by atoms with E-state index in [1.807, 2.05) is 0 Å². The van der Waals surface area contributed by atoms with E-state index in [1.54, 1.807) is 11.1 Å². The average molecular weight is 446 g/mol. The lowest BCUT2D eigenvalue weighted by Gasteiger charge is -2.33. The summed E-state index contributed by atoms with van der Waals surface area (Å²) in [6, 6.07) is 4.27. The van der Waals surface area contributed by atoms with Crippen LogP contribution >= 0.6 is 34.5 Å². The molecule has 144 valence electrons. The molecule has 2 aromatic rings. The number of hydrogen-bond acceptors (Lipinski definition) is 5. The van der Waals surface area contributed by atoms with Crippen molar-refractivity contribution in [1.82, 2.24) is 14.2 Å². The topological polar surface area (TPSA) is 70.6 Å². The highest BCUT2D eigenvalue weighted by atomic mass is 35.5. The Morgan fingerprint density at radius 3 is 2.44 bits per heavy atom. The van der Waals surface area contributed by atoms with E-state index in [0.717, 1.165) is 17.8 Å². The second kappa shape index (κ2) is 7.33. The Hall–Kier alpha value is -1.19. The highest BCUT2D eigenvalue weighted by Crippen LogP contribution is 2.41. The Labute approximate surface area is 171 Å². The minimum atomic E-state index is -3.67. The van der Waals surface area contributed by atoms with Crippen LogP contribution < -0.4 is 0 Å². The number of amides is 1. The lowest BCUT2D eigenvalue weighted by molar-refractivity contribution is 0.0702. The van der Waals surface area contributed by atoms with Crippen molar-refractivity contribution in [2.45, 2.75) is 23.7 Å². The first kappa shape index (κ1) is 19.1. The van der Waals surface area contributed by atoms with Crippen LogP contribution in [0.4, 0.5) is 0 Å². The second-order valence-corrected chi connectivity index (χ2v) is 10.4. The van der Waals surface area contributed by atoms with Crippen LogP contribution in [-0.4, -0.2) is 54.7 Å². The summed E-state index contributed by atoms with van der Waals surface area (Å²) in [4.78, 5) is 19.4. The van der Waals surface area contributed by atoms with Gasteiger partial charge >= 0.3 is 0 Å². The van der Waals surface area contributed by atoms with Crippen molar-refractivity contribution in [2.75, 3.05) is 26.2 Å². The predicted octanol–water partition coefficient (Wildman–Crippen LogP) is 3.47. The number of thiazole rings is 1. The van der Waals surface area contributed by atoms with Crippen LogP contribution in [0.5, 0.6) is 0 Å². The van der Waals surface area contributed by atoms with Gasteiger partial charge in [-0.25, -0.2) is 13.4 Å². The zero-order valence-electron chi connectivity index (χ0n) is 14.3. The molecule has 1 aromatic heterocycles. The number of halogens is 2. The molecule has 0 unspecified atom stereocenters. The van der Waals surface area contributed by atoms with Crippen molar-refractivity contribution in [3.63, 3.8) is 0 Å². The van der Waals surface area contributed by atoms with E-state index in [0.29, 0.717) is 28.9 Å². The Kier molecular flexibility index (Phi) is 5.20. The molecule has 1 saturated carbocycles. The molecule has 1 saturated heterocycles. The molecule has 27 heavy (non-hydrogen) atoms. The fourth-order valence-corrected chi connectivity index (χ4v) is 5.85. The minimum Gasteiger partial charge on any atom is -0.335 e. The molecule has 2 fully saturated rings. The van der Waals surface area contributed by atoms with Crippen molar-refractivity contribution in [3.8, 4) is 0 Å². The molecule has 0 radical (unpaired) electrons. The molecule has 1 amide bonds. The number of carbonyl (C=O) groups excluding carboxylic acids is 1. The third-order valence-electron chi connectivity index (χ3n) is 4.72. The van der Waals surface area contributed by atoms with E-state index < -0.39 is 10.0 Å². The van der Waals surface area contributed by atoms with E-state index >= 15 is 0 Å². The van der Waals surface area contributed by atoms with Gasteiger partial charge in [-0.05, 0) is 31.0 Å². The van der Waals surface area contributed by atoms with Crippen LogP contribution in [0, 0.1) is 0 Å². The maximum Gasteiger partial charge on any atom is 0.265 e. The van der Waals surface area contributed by atoms with Crippen LogP contribution in [0.1, 0.15) is 33.4 Å². The van der Waals surface area contributed by atoms with Crippen LogP contribution in [0.3, 0.4) is 0 Å². The largest absolute Gasteiger partial charge is 0.335 e. The molecule has 2 aliphatic rings. The molecular formula is C17H17Cl2N3O3S2. The SMILES string of the molecule is O=C(c1cnc(C2CC2)s1)N1CCN(S(=O)(=O)c2ccc(Cl)c(Cl)c2)CC1. The first-order chi connectivity index (χ1) is 12.9. The van der Waals surface area contributed by atoms with E-state index in [4.69, 9.17) is 23.2 Å². The van der Waals surface area contributed by atoms with Gasteiger partial charge in [0.15, 0.2) is 0 Å². The second-order valence-electron chi connectivity index (χ2n) is 6.61. The number of benzene rings is 1.